The number of aromatic hydroxyl groups is 1. The number of imidazole rings is 1. The van der Waals surface area contributed by atoms with E-state index in [0.29, 0.717) is 38.9 Å². The van der Waals surface area contributed by atoms with Gasteiger partial charge in [0.25, 0.3) is 0 Å². The number of hydrogen-bond acceptors (Lipinski definition) is 3. The number of aryl methyl sites for hydroxylation is 1. The molecule has 8 aromatic rings. The number of pyridine rings is 1. The Kier molecular flexibility index (Phi) is 7.66. The molecule has 0 saturated heterocycles. The molecule has 0 atom stereocenters. The Hall–Kier alpha value is -5.57. The molecule has 59 heavy (non-hydrogen) atoms. The minimum Gasteiger partial charge on any atom is -0.507 e. The number of phenolic OH excluding ortho intramolecular Hbond substituents is 1. The number of nitrogens with zero attached hydrogens (tertiary/aromatic N) is 3. The normalized spacial score (nSPS) is 15.5. The Morgan fingerprint density at radius 3 is 2.20 bits per heavy atom. The predicted octanol–water partition coefficient (Wildman–Crippen LogP) is 14.4. The summed E-state index contributed by atoms with van der Waals surface area (Å²) in [5.41, 5.74) is 3.39. The molecule has 0 aliphatic carbocycles. The second-order valence-electron chi connectivity index (χ2n) is 16.2. The van der Waals surface area contributed by atoms with Crippen LogP contribution < -0.4 is 0 Å². The number of benzene rings is 6. The van der Waals surface area contributed by atoms with E-state index in [1.807, 2.05) is 72.7 Å². The molecule has 0 unspecified atom stereocenters. The topological polar surface area (TPSA) is 50.9 Å². The van der Waals surface area contributed by atoms with Gasteiger partial charge in [-0.05, 0) is 106 Å². The standard InChI is InChI=1S/C54H52N3O.Pt/c1-33(2)40-29-46(34(3)4)52(58)48(30-40)53-56-51-45(21-16-22-50(51)57(53)44-25-35(5)36(6)47(32-44)38-19-14-11-15-20-38)41-26-42(28-43(27-41)54(7,8)9)49-31-39(23-24-55-49)37-17-12-10-13-18-37;/h10-25,27-34,58H,1-9H3;/q-1;/i5D3,6D3,10D,12D,13D,17D,18D,23D,24D,31D;. The molecule has 5 heteroatoms. The van der Waals surface area contributed by atoms with Gasteiger partial charge in [0, 0.05) is 46.8 Å². The van der Waals surface area contributed by atoms with Crippen LogP contribution in [0.3, 0.4) is 0 Å². The number of hydrogen-bond donors (Lipinski definition) is 1. The van der Waals surface area contributed by atoms with Gasteiger partial charge in [-0.25, -0.2) is 4.98 Å². The number of fused-ring (bicyclic) bond motifs is 1. The smallest absolute Gasteiger partial charge is 0.148 e. The van der Waals surface area contributed by atoms with E-state index in [9.17, 15) is 6.48 Å². The number of para-hydroxylation sites is 1. The zero-order chi connectivity index (χ0) is 52.8. The Morgan fingerprint density at radius 2 is 1.51 bits per heavy atom. The van der Waals surface area contributed by atoms with Gasteiger partial charge < -0.3 is 5.11 Å². The van der Waals surface area contributed by atoms with Crippen LogP contribution in [0.25, 0.3) is 72.7 Å². The number of aromatic nitrogens is 3. The van der Waals surface area contributed by atoms with Gasteiger partial charge in [-0.3, -0.25) is 9.55 Å². The second-order valence-corrected chi connectivity index (χ2v) is 16.2. The van der Waals surface area contributed by atoms with E-state index in [-0.39, 0.29) is 83.7 Å². The van der Waals surface area contributed by atoms with E-state index in [1.165, 1.54) is 6.07 Å². The molecule has 300 valence electrons. The Labute approximate surface area is 384 Å². The van der Waals surface area contributed by atoms with Gasteiger partial charge in [-0.1, -0.05) is 144 Å². The van der Waals surface area contributed by atoms with Crippen molar-refractivity contribution in [2.24, 2.45) is 0 Å². The maximum absolute atomic E-state index is 12.3. The fourth-order valence-electron chi connectivity index (χ4n) is 7.20. The van der Waals surface area contributed by atoms with E-state index in [1.54, 1.807) is 59.2 Å². The van der Waals surface area contributed by atoms with Gasteiger partial charge in [0.1, 0.15) is 11.6 Å². The van der Waals surface area contributed by atoms with Crippen molar-refractivity contribution in [3.8, 4) is 67.5 Å². The molecule has 0 bridgehead atoms. The first-order valence-corrected chi connectivity index (χ1v) is 19.3. The molecule has 0 radical (unpaired) electrons. The molecule has 1 N–H and O–H groups in total. The van der Waals surface area contributed by atoms with Crippen LogP contribution >= 0.6 is 0 Å². The SMILES string of the molecule is [2H]c1nc(-c2[c-]c(-c3cccc4c3nc(-c3cc(C(C)C)cc(C(C)C)c3O)n4-c3cc(-c4ccccc4)c(C([2H])([2H])[2H])c(C([2H])([2H])[2H])c3)cc(C(C)(C)C)c2)c([2H])c(-c2c([2H])c([2H])c([2H])c([2H])c2[2H])c1[2H].[Pt]. The summed E-state index contributed by atoms with van der Waals surface area (Å²) in [4.78, 5) is 9.71. The second kappa shape index (κ2) is 16.6. The van der Waals surface area contributed by atoms with Gasteiger partial charge in [0.15, 0.2) is 0 Å². The van der Waals surface area contributed by atoms with Crippen molar-refractivity contribution < 1.29 is 45.4 Å². The van der Waals surface area contributed by atoms with E-state index >= 15 is 0 Å². The summed E-state index contributed by atoms with van der Waals surface area (Å²) in [7, 11) is 0. The first-order chi connectivity index (χ1) is 33.5. The third-order valence-corrected chi connectivity index (χ3v) is 10.5. The quantitative estimate of drug-likeness (QED) is 0.154. The Balaban J connectivity index is 0.00000780. The minimum atomic E-state index is -2.89. The third kappa shape index (κ3) is 8.08. The first kappa shape index (κ1) is 27.2. The number of phenols is 1. The van der Waals surface area contributed by atoms with Crippen molar-refractivity contribution >= 4 is 11.0 Å². The predicted molar refractivity (Wildman–Crippen MR) is 243 cm³/mol. The molecule has 2 heterocycles. The molecule has 0 saturated carbocycles. The zero-order valence-electron chi connectivity index (χ0n) is 47.8. The molecule has 2 aromatic heterocycles. The fraction of sp³-hybridized carbons (Fsp3) is 0.222. The minimum absolute atomic E-state index is 0. The van der Waals surface area contributed by atoms with Gasteiger partial charge in [-0.15, -0.1) is 29.3 Å². The van der Waals surface area contributed by atoms with Crippen LogP contribution in [0.15, 0.2) is 133 Å². The van der Waals surface area contributed by atoms with E-state index in [2.05, 4.69) is 11.1 Å². The molecular formula is C54H52N3OPt-. The molecule has 6 aromatic carbocycles. The molecular weight excluding hydrogens is 902 g/mol. The van der Waals surface area contributed by atoms with Gasteiger partial charge in [0.05, 0.1) is 27.6 Å². The van der Waals surface area contributed by atoms with Crippen molar-refractivity contribution in [3.05, 3.63) is 167 Å². The molecule has 8 rings (SSSR count). The summed E-state index contributed by atoms with van der Waals surface area (Å²) in [6.07, 6.45) is -0.593. The molecule has 0 amide bonds. The average Bonchev–Trinajstić information content (AvgIpc) is 3.71. The largest absolute Gasteiger partial charge is 0.507 e. The van der Waals surface area contributed by atoms with Crippen LogP contribution in [0, 0.1) is 19.8 Å². The van der Waals surface area contributed by atoms with E-state index in [0.717, 1.165) is 11.1 Å². The van der Waals surface area contributed by atoms with Crippen molar-refractivity contribution in [2.75, 3.05) is 0 Å². The van der Waals surface area contributed by atoms with Crippen molar-refractivity contribution in [1.82, 2.24) is 14.5 Å². The maximum Gasteiger partial charge on any atom is 0.148 e. The monoisotopic (exact) mass is 967 g/mol. The summed E-state index contributed by atoms with van der Waals surface area (Å²) >= 11 is 0. The first-order valence-electron chi connectivity index (χ1n) is 26.3. The van der Waals surface area contributed by atoms with Crippen LogP contribution in [0.4, 0.5) is 0 Å². The summed E-state index contributed by atoms with van der Waals surface area (Å²) in [5.74, 6) is 0.0764. The van der Waals surface area contributed by atoms with Crippen LogP contribution in [-0.2, 0) is 26.5 Å². The fourth-order valence-corrected chi connectivity index (χ4v) is 7.20. The zero-order valence-corrected chi connectivity index (χ0v) is 36.1. The Morgan fingerprint density at radius 1 is 0.746 bits per heavy atom. The summed E-state index contributed by atoms with van der Waals surface area (Å²) in [6.45, 7) is 8.20. The van der Waals surface area contributed by atoms with Crippen molar-refractivity contribution in [2.45, 2.75) is 79.4 Å². The number of rotatable bonds is 8. The van der Waals surface area contributed by atoms with E-state index < -0.39 is 73.2 Å². The van der Waals surface area contributed by atoms with Crippen LogP contribution in [0.2, 0.25) is 0 Å². The third-order valence-electron chi connectivity index (χ3n) is 10.5. The van der Waals surface area contributed by atoms with Crippen LogP contribution in [0.1, 0.15) is 107 Å². The van der Waals surface area contributed by atoms with E-state index in [4.69, 9.17) is 22.8 Å². The van der Waals surface area contributed by atoms with Crippen molar-refractivity contribution in [3.63, 3.8) is 0 Å². The maximum atomic E-state index is 12.3. The van der Waals surface area contributed by atoms with Gasteiger partial charge in [0.2, 0.25) is 0 Å². The summed E-state index contributed by atoms with van der Waals surface area (Å²) < 4.78 is 123. The summed E-state index contributed by atoms with van der Waals surface area (Å²) in [6, 6.07) is 23.7. The van der Waals surface area contributed by atoms with Crippen LogP contribution in [-0.4, -0.2) is 19.6 Å². The molecule has 0 aliphatic rings. The summed E-state index contributed by atoms with van der Waals surface area (Å²) in [5, 5.41) is 12.3. The molecule has 0 aliphatic heterocycles. The average molecular weight is 968 g/mol. The molecule has 0 spiro atoms. The van der Waals surface area contributed by atoms with Gasteiger partial charge in [-0.2, -0.15) is 0 Å². The van der Waals surface area contributed by atoms with Crippen molar-refractivity contribution in [1.29, 1.82) is 0 Å². The van der Waals surface area contributed by atoms with Crippen LogP contribution in [0.5, 0.6) is 5.75 Å². The van der Waals surface area contributed by atoms with Gasteiger partial charge >= 0.3 is 0 Å². The Bertz CT molecular complexity index is 3460. The molecule has 0 fully saturated rings. The molecule has 4 nitrogen and oxygen atoms in total.